The molecule has 0 aliphatic carbocycles. The van der Waals surface area contributed by atoms with E-state index in [4.69, 9.17) is 0 Å². The molecule has 76 heavy (non-hydrogen) atoms. The first-order valence-electron chi connectivity index (χ1n) is 23.7. The van der Waals surface area contributed by atoms with Crippen LogP contribution < -0.4 is 9.80 Å². The van der Waals surface area contributed by atoms with Gasteiger partial charge in [-0.05, 0) is 200 Å². The average molecular weight is 1020 g/mol. The van der Waals surface area contributed by atoms with Gasteiger partial charge in [-0.3, -0.25) is 0 Å². The molecule has 370 valence electrons. The predicted molar refractivity (Wildman–Crippen MR) is 281 cm³/mol. The summed E-state index contributed by atoms with van der Waals surface area (Å²) >= 11 is 0. The Morgan fingerprint density at radius 3 is 0.776 bits per heavy atom. The lowest BCUT2D eigenvalue weighted by atomic mass is 9.91. The topological polar surface area (TPSA) is 6.48 Å². The van der Waals surface area contributed by atoms with Crippen LogP contribution in [0, 0.1) is 58.2 Å². The summed E-state index contributed by atoms with van der Waals surface area (Å²) in [7, 11) is 0. The van der Waals surface area contributed by atoms with Gasteiger partial charge in [-0.25, -0.2) is 43.9 Å². The van der Waals surface area contributed by atoms with Crippen molar-refractivity contribution in [2.45, 2.75) is 0 Å². The van der Waals surface area contributed by atoms with E-state index in [9.17, 15) is 35.1 Å². The lowest BCUT2D eigenvalue weighted by Gasteiger charge is -2.30. The normalized spacial score (nSPS) is 11.6. The second-order valence-electron chi connectivity index (χ2n) is 18.4. The van der Waals surface area contributed by atoms with Crippen molar-refractivity contribution in [3.8, 4) is 44.5 Å². The van der Waals surface area contributed by atoms with Gasteiger partial charge < -0.3 is 9.80 Å². The first-order valence-corrected chi connectivity index (χ1v) is 23.7. The molecule has 0 bridgehead atoms. The summed E-state index contributed by atoms with van der Waals surface area (Å²) < 4.78 is 150. The molecule has 0 aliphatic rings. The van der Waals surface area contributed by atoms with Crippen LogP contribution in [0.2, 0.25) is 0 Å². The van der Waals surface area contributed by atoms with Crippen molar-refractivity contribution in [1.82, 2.24) is 0 Å². The molecule has 12 aromatic carbocycles. The van der Waals surface area contributed by atoms with E-state index in [0.717, 1.165) is 94.3 Å². The Kier molecular flexibility index (Phi) is 11.8. The van der Waals surface area contributed by atoms with Crippen LogP contribution in [-0.4, -0.2) is 0 Å². The van der Waals surface area contributed by atoms with Crippen molar-refractivity contribution < 1.29 is 43.9 Å². The molecule has 2 nitrogen and oxygen atoms in total. The van der Waals surface area contributed by atoms with Crippen molar-refractivity contribution >= 4 is 66.4 Å². The zero-order chi connectivity index (χ0) is 52.5. The van der Waals surface area contributed by atoms with Crippen molar-refractivity contribution in [3.05, 3.63) is 264 Å². The molecule has 0 aliphatic heterocycles. The first kappa shape index (κ1) is 47.6. The number of nitrogens with zero attached hydrogens (tertiary/aromatic N) is 2. The molecule has 0 N–H and O–H groups in total. The molecule has 0 saturated carbocycles. The molecule has 0 unspecified atom stereocenters. The molecule has 0 radical (unpaired) electrons. The van der Waals surface area contributed by atoms with Gasteiger partial charge in [-0.2, -0.15) is 0 Å². The van der Waals surface area contributed by atoms with Crippen molar-refractivity contribution in [2.75, 3.05) is 9.80 Å². The van der Waals surface area contributed by atoms with E-state index >= 15 is 8.78 Å². The molecular weight excluding hydrogens is 987 g/mol. The molecule has 0 amide bonds. The zero-order valence-electron chi connectivity index (χ0n) is 39.3. The summed E-state index contributed by atoms with van der Waals surface area (Å²) in [6.07, 6.45) is 0. The summed E-state index contributed by atoms with van der Waals surface area (Å²) in [6, 6.07) is 48.2. The minimum absolute atomic E-state index is 0.117. The standard InChI is InChI=1S/C64H34F10N2/c65-45-3-1-5-55(33-45)75(57-25-37(41-17-47(67)29-48(68)18-41)15-38(26-57)42-19-49(69)30-50(70)20-42)61-13-9-35-8-12-60-62(14-10-36-7-11-59(61)63(35)64(36)60)76(56-6-2-4-46(66)34-56)58-27-39(43-21-51(71)31-52(72)22-43)16-40(28-58)44-23-53(73)32-54(74)24-44/h1-34H. The van der Waals surface area contributed by atoms with Gasteiger partial charge in [0.05, 0.1) is 11.4 Å². The van der Waals surface area contributed by atoms with Crippen LogP contribution in [0.5, 0.6) is 0 Å². The maximum atomic E-state index is 15.5. The largest absolute Gasteiger partial charge is 0.310 e. The van der Waals surface area contributed by atoms with Gasteiger partial charge >= 0.3 is 0 Å². The van der Waals surface area contributed by atoms with Crippen LogP contribution in [-0.2, 0) is 0 Å². The summed E-state index contributed by atoms with van der Waals surface area (Å²) in [6.45, 7) is 0. The van der Waals surface area contributed by atoms with E-state index in [2.05, 4.69) is 0 Å². The fourth-order valence-corrected chi connectivity index (χ4v) is 10.3. The van der Waals surface area contributed by atoms with Gasteiger partial charge in [0.25, 0.3) is 0 Å². The van der Waals surface area contributed by atoms with E-state index in [1.165, 1.54) is 36.4 Å². The highest BCUT2D eigenvalue weighted by Gasteiger charge is 2.25. The van der Waals surface area contributed by atoms with Crippen LogP contribution in [0.3, 0.4) is 0 Å². The molecule has 0 fully saturated rings. The Labute approximate surface area is 427 Å². The highest BCUT2D eigenvalue weighted by atomic mass is 19.2. The van der Waals surface area contributed by atoms with Crippen molar-refractivity contribution in [1.29, 1.82) is 0 Å². The maximum absolute atomic E-state index is 15.5. The highest BCUT2D eigenvalue weighted by molar-refractivity contribution is 6.28. The number of rotatable bonds is 10. The summed E-state index contributed by atoms with van der Waals surface area (Å²) in [4.78, 5) is 3.48. The molecule has 0 saturated heterocycles. The van der Waals surface area contributed by atoms with Crippen LogP contribution in [0.4, 0.5) is 78.0 Å². The molecule has 12 rings (SSSR count). The van der Waals surface area contributed by atoms with Crippen LogP contribution >= 0.6 is 0 Å². The van der Waals surface area contributed by atoms with Gasteiger partial charge in [0.1, 0.15) is 58.2 Å². The van der Waals surface area contributed by atoms with Gasteiger partial charge in [0, 0.05) is 57.8 Å². The second-order valence-corrected chi connectivity index (χ2v) is 18.4. The maximum Gasteiger partial charge on any atom is 0.126 e. The third kappa shape index (κ3) is 8.97. The number of anilines is 6. The number of benzene rings is 12. The number of hydrogen-bond donors (Lipinski definition) is 0. The average Bonchev–Trinajstić information content (AvgIpc) is 3.52. The minimum Gasteiger partial charge on any atom is -0.310 e. The predicted octanol–water partition coefficient (Wildman–Crippen LogP) is 19.6. The lowest BCUT2D eigenvalue weighted by molar-refractivity contribution is 0.583. The summed E-state index contributed by atoms with van der Waals surface area (Å²) in [5, 5.41) is 4.28. The smallest absolute Gasteiger partial charge is 0.126 e. The van der Waals surface area contributed by atoms with Crippen LogP contribution in [0.15, 0.2) is 206 Å². The Morgan fingerprint density at radius 2 is 0.487 bits per heavy atom. The van der Waals surface area contributed by atoms with E-state index in [0.29, 0.717) is 44.9 Å². The fraction of sp³-hybridized carbons (Fsp3) is 0. The molecule has 0 atom stereocenters. The van der Waals surface area contributed by atoms with E-state index < -0.39 is 58.2 Å². The van der Waals surface area contributed by atoms with Crippen molar-refractivity contribution in [3.63, 3.8) is 0 Å². The summed E-state index contributed by atoms with van der Waals surface area (Å²) in [5.41, 5.74) is 3.85. The van der Waals surface area contributed by atoms with E-state index in [-0.39, 0.29) is 44.5 Å². The van der Waals surface area contributed by atoms with Gasteiger partial charge in [-0.15, -0.1) is 0 Å². The molecular formula is C64H34F10N2. The number of halogens is 10. The SMILES string of the molecule is Fc1cc(F)cc(-c2cc(-c3cc(F)cc(F)c3)cc(N(c3cccc(F)c3)c3ccc4ccc5c(N(c6cccc(F)c6)c6cc(-c7cc(F)cc(F)c7)cc(-c7cc(F)cc(F)c7)c6)ccc6ccc3c4c65)c2)c1. The third-order valence-corrected chi connectivity index (χ3v) is 13.4. The van der Waals surface area contributed by atoms with Gasteiger partial charge in [-0.1, -0.05) is 48.5 Å². The minimum atomic E-state index is -0.861. The lowest BCUT2D eigenvalue weighted by Crippen LogP contribution is -2.12. The third-order valence-electron chi connectivity index (χ3n) is 13.4. The van der Waals surface area contributed by atoms with E-state index in [1.54, 1.807) is 58.3 Å². The Balaban J connectivity index is 1.12. The first-order chi connectivity index (χ1) is 36.7. The molecule has 12 aromatic rings. The van der Waals surface area contributed by atoms with Crippen molar-refractivity contribution in [2.24, 2.45) is 0 Å². The fourth-order valence-electron chi connectivity index (χ4n) is 10.3. The molecule has 0 heterocycles. The molecule has 12 heteroatoms. The Hall–Kier alpha value is -9.42. The molecule has 0 spiro atoms. The quantitative estimate of drug-likeness (QED) is 0.0995. The highest BCUT2D eigenvalue weighted by Crippen LogP contribution is 2.49. The Morgan fingerprint density at radius 1 is 0.211 bits per heavy atom. The van der Waals surface area contributed by atoms with Gasteiger partial charge in [0.2, 0.25) is 0 Å². The summed E-state index contributed by atoms with van der Waals surface area (Å²) in [5.74, 6) is -8.06. The van der Waals surface area contributed by atoms with E-state index in [1.807, 2.05) is 48.5 Å². The Bertz CT molecular complexity index is 3790. The zero-order valence-corrected chi connectivity index (χ0v) is 39.3. The van der Waals surface area contributed by atoms with Crippen LogP contribution in [0.25, 0.3) is 76.8 Å². The molecule has 0 aromatic heterocycles. The monoisotopic (exact) mass is 1020 g/mol. The van der Waals surface area contributed by atoms with Gasteiger partial charge in [0.15, 0.2) is 0 Å². The van der Waals surface area contributed by atoms with Crippen LogP contribution in [0.1, 0.15) is 0 Å². The second kappa shape index (κ2) is 18.8. The number of hydrogen-bond acceptors (Lipinski definition) is 2.